The lowest BCUT2D eigenvalue weighted by atomic mass is 10.1. The molecule has 2 N–H and O–H groups in total. The Kier molecular flexibility index (Phi) is 5.06. The Labute approximate surface area is 107 Å². The first-order valence-electron chi connectivity index (χ1n) is 5.32. The molecule has 3 unspecified atom stereocenters. The standard InChI is InChI=1S/C12H16ClNO.ClH/c1-8(13)7-14-12-10-5-3-2-4-9(10)6-11(12)15;/h2-5,8,11-12,14-15H,6-7H2,1H3;1H. The number of aliphatic hydroxyl groups excluding tert-OH is 1. The third-order valence-corrected chi connectivity index (χ3v) is 2.98. The highest BCUT2D eigenvalue weighted by Crippen LogP contribution is 2.31. The minimum absolute atomic E-state index is 0. The Hall–Kier alpha value is -0.280. The Morgan fingerprint density at radius 3 is 2.88 bits per heavy atom. The average Bonchev–Trinajstić information content (AvgIpc) is 2.50. The Morgan fingerprint density at radius 2 is 2.19 bits per heavy atom. The van der Waals surface area contributed by atoms with Crippen molar-refractivity contribution in [1.29, 1.82) is 0 Å². The van der Waals surface area contributed by atoms with Gasteiger partial charge in [0, 0.05) is 18.3 Å². The fourth-order valence-electron chi connectivity index (χ4n) is 2.11. The van der Waals surface area contributed by atoms with Crippen molar-refractivity contribution in [2.24, 2.45) is 0 Å². The fourth-order valence-corrected chi connectivity index (χ4v) is 2.20. The second-order valence-electron chi connectivity index (χ2n) is 4.14. The minimum Gasteiger partial charge on any atom is -0.391 e. The van der Waals surface area contributed by atoms with Crippen LogP contribution in [-0.4, -0.2) is 23.1 Å². The van der Waals surface area contributed by atoms with E-state index in [4.69, 9.17) is 11.6 Å². The van der Waals surface area contributed by atoms with Gasteiger partial charge in [-0.15, -0.1) is 24.0 Å². The van der Waals surface area contributed by atoms with Gasteiger partial charge in [-0.05, 0) is 18.1 Å². The van der Waals surface area contributed by atoms with Gasteiger partial charge in [0.25, 0.3) is 0 Å². The number of halogens is 2. The van der Waals surface area contributed by atoms with Crippen LogP contribution in [0.1, 0.15) is 24.1 Å². The second-order valence-corrected chi connectivity index (χ2v) is 4.88. The molecular weight excluding hydrogens is 245 g/mol. The number of fused-ring (bicyclic) bond motifs is 1. The number of alkyl halides is 1. The molecule has 3 atom stereocenters. The summed E-state index contributed by atoms with van der Waals surface area (Å²) in [5.74, 6) is 0. The van der Waals surface area contributed by atoms with Crippen LogP contribution in [0.5, 0.6) is 0 Å². The van der Waals surface area contributed by atoms with E-state index in [0.29, 0.717) is 0 Å². The molecule has 1 aliphatic rings. The van der Waals surface area contributed by atoms with E-state index in [2.05, 4.69) is 17.4 Å². The van der Waals surface area contributed by atoms with Crippen LogP contribution in [0.15, 0.2) is 24.3 Å². The molecule has 0 heterocycles. The lowest BCUT2D eigenvalue weighted by molar-refractivity contribution is 0.142. The molecule has 0 aliphatic heterocycles. The Morgan fingerprint density at radius 1 is 1.50 bits per heavy atom. The topological polar surface area (TPSA) is 32.3 Å². The molecule has 2 nitrogen and oxygen atoms in total. The quantitative estimate of drug-likeness (QED) is 0.819. The highest BCUT2D eigenvalue weighted by atomic mass is 35.5. The van der Waals surface area contributed by atoms with Crippen molar-refractivity contribution in [1.82, 2.24) is 5.32 Å². The summed E-state index contributed by atoms with van der Waals surface area (Å²) in [5, 5.41) is 13.3. The van der Waals surface area contributed by atoms with Crippen molar-refractivity contribution >= 4 is 24.0 Å². The predicted molar refractivity (Wildman–Crippen MR) is 69.5 cm³/mol. The van der Waals surface area contributed by atoms with E-state index in [1.54, 1.807) is 0 Å². The molecule has 2 rings (SSSR count). The largest absolute Gasteiger partial charge is 0.391 e. The van der Waals surface area contributed by atoms with Gasteiger partial charge in [-0.2, -0.15) is 0 Å². The highest BCUT2D eigenvalue weighted by Gasteiger charge is 2.30. The predicted octanol–water partition coefficient (Wildman–Crippen LogP) is 2.28. The molecule has 0 radical (unpaired) electrons. The normalized spacial score (nSPS) is 24.7. The van der Waals surface area contributed by atoms with Gasteiger partial charge < -0.3 is 10.4 Å². The number of benzene rings is 1. The molecule has 1 aromatic carbocycles. The zero-order valence-electron chi connectivity index (χ0n) is 9.19. The van der Waals surface area contributed by atoms with Crippen molar-refractivity contribution in [2.75, 3.05) is 6.54 Å². The molecule has 0 spiro atoms. The van der Waals surface area contributed by atoms with Crippen molar-refractivity contribution < 1.29 is 5.11 Å². The monoisotopic (exact) mass is 261 g/mol. The number of aliphatic hydroxyl groups is 1. The summed E-state index contributed by atoms with van der Waals surface area (Å²) in [6.45, 7) is 2.67. The van der Waals surface area contributed by atoms with E-state index < -0.39 is 0 Å². The van der Waals surface area contributed by atoms with Crippen LogP contribution in [0.3, 0.4) is 0 Å². The van der Waals surface area contributed by atoms with Crippen LogP contribution < -0.4 is 5.32 Å². The molecule has 16 heavy (non-hydrogen) atoms. The summed E-state index contributed by atoms with van der Waals surface area (Å²) in [4.78, 5) is 0. The Balaban J connectivity index is 0.00000128. The minimum atomic E-state index is -0.321. The van der Waals surface area contributed by atoms with Gasteiger partial charge >= 0.3 is 0 Å². The summed E-state index contributed by atoms with van der Waals surface area (Å²) < 4.78 is 0. The Bertz CT molecular complexity index is 344. The summed E-state index contributed by atoms with van der Waals surface area (Å²) in [6, 6.07) is 8.21. The maximum absolute atomic E-state index is 9.92. The molecule has 0 fully saturated rings. The lowest BCUT2D eigenvalue weighted by Gasteiger charge is -2.18. The first-order chi connectivity index (χ1) is 7.18. The summed E-state index contributed by atoms with van der Waals surface area (Å²) in [7, 11) is 0. The van der Waals surface area contributed by atoms with Gasteiger partial charge in [0.1, 0.15) is 0 Å². The molecule has 90 valence electrons. The summed E-state index contributed by atoms with van der Waals surface area (Å²) in [6.07, 6.45) is 0.419. The van der Waals surface area contributed by atoms with E-state index in [-0.39, 0.29) is 29.9 Å². The van der Waals surface area contributed by atoms with Crippen LogP contribution in [0.25, 0.3) is 0 Å². The zero-order chi connectivity index (χ0) is 10.8. The first kappa shape index (κ1) is 13.8. The highest BCUT2D eigenvalue weighted by molar-refractivity contribution is 6.20. The lowest BCUT2D eigenvalue weighted by Crippen LogP contribution is -2.32. The van der Waals surface area contributed by atoms with E-state index >= 15 is 0 Å². The molecule has 4 heteroatoms. The van der Waals surface area contributed by atoms with Gasteiger partial charge in [-0.25, -0.2) is 0 Å². The van der Waals surface area contributed by atoms with Crippen molar-refractivity contribution in [2.45, 2.75) is 30.9 Å². The van der Waals surface area contributed by atoms with Gasteiger partial charge in [0.2, 0.25) is 0 Å². The van der Waals surface area contributed by atoms with E-state index in [9.17, 15) is 5.11 Å². The van der Waals surface area contributed by atoms with Crippen molar-refractivity contribution in [3.05, 3.63) is 35.4 Å². The molecule has 0 saturated heterocycles. The van der Waals surface area contributed by atoms with Gasteiger partial charge in [-0.3, -0.25) is 0 Å². The van der Waals surface area contributed by atoms with Crippen LogP contribution in [-0.2, 0) is 6.42 Å². The molecule has 0 aromatic heterocycles. The van der Waals surface area contributed by atoms with Gasteiger partial charge in [0.05, 0.1) is 12.1 Å². The maximum atomic E-state index is 9.92. The molecule has 0 amide bonds. The van der Waals surface area contributed by atoms with Crippen molar-refractivity contribution in [3.8, 4) is 0 Å². The van der Waals surface area contributed by atoms with Gasteiger partial charge in [0.15, 0.2) is 0 Å². The first-order valence-corrected chi connectivity index (χ1v) is 5.75. The second kappa shape index (κ2) is 5.87. The maximum Gasteiger partial charge on any atom is 0.0775 e. The zero-order valence-corrected chi connectivity index (χ0v) is 10.8. The SMILES string of the molecule is CC(Cl)CNC1c2ccccc2CC1O.Cl. The third-order valence-electron chi connectivity index (χ3n) is 2.82. The number of hydrogen-bond acceptors (Lipinski definition) is 2. The fraction of sp³-hybridized carbons (Fsp3) is 0.500. The van der Waals surface area contributed by atoms with E-state index in [1.807, 2.05) is 19.1 Å². The van der Waals surface area contributed by atoms with Crippen molar-refractivity contribution in [3.63, 3.8) is 0 Å². The van der Waals surface area contributed by atoms with E-state index in [0.717, 1.165) is 13.0 Å². The number of hydrogen-bond donors (Lipinski definition) is 2. The number of nitrogens with one attached hydrogen (secondary N) is 1. The van der Waals surface area contributed by atoms with Crippen LogP contribution in [0.4, 0.5) is 0 Å². The molecule has 1 aliphatic carbocycles. The average molecular weight is 262 g/mol. The van der Waals surface area contributed by atoms with Crippen LogP contribution >= 0.6 is 24.0 Å². The third kappa shape index (κ3) is 2.89. The van der Waals surface area contributed by atoms with Crippen LogP contribution in [0.2, 0.25) is 0 Å². The molecule has 1 aromatic rings. The van der Waals surface area contributed by atoms with Gasteiger partial charge in [-0.1, -0.05) is 24.3 Å². The smallest absolute Gasteiger partial charge is 0.0775 e. The van der Waals surface area contributed by atoms with E-state index in [1.165, 1.54) is 11.1 Å². The summed E-state index contributed by atoms with van der Waals surface area (Å²) >= 11 is 5.89. The molecule has 0 bridgehead atoms. The summed E-state index contributed by atoms with van der Waals surface area (Å²) in [5.41, 5.74) is 2.45. The number of rotatable bonds is 3. The molecular formula is C12H17Cl2NO. The van der Waals surface area contributed by atoms with Crippen LogP contribution in [0, 0.1) is 0 Å². The molecule has 0 saturated carbocycles.